The van der Waals surface area contributed by atoms with E-state index in [9.17, 15) is 4.79 Å². The Morgan fingerprint density at radius 3 is 2.72 bits per heavy atom. The summed E-state index contributed by atoms with van der Waals surface area (Å²) in [5.74, 6) is 0.465. The Hall–Kier alpha value is -2.28. The van der Waals surface area contributed by atoms with Gasteiger partial charge in [-0.2, -0.15) is 0 Å². The molecule has 1 N–H and O–H groups in total. The summed E-state index contributed by atoms with van der Waals surface area (Å²) in [6.07, 6.45) is 0. The molecule has 156 valence electrons. The van der Waals surface area contributed by atoms with Gasteiger partial charge in [0.2, 0.25) is 5.91 Å². The number of nitrogens with one attached hydrogen (secondary N) is 1. The molecule has 0 saturated carbocycles. The second-order valence-corrected chi connectivity index (χ2v) is 7.59. The lowest BCUT2D eigenvalue weighted by Crippen LogP contribution is -2.40. The standard InChI is InChI=1S/C22H28ClN3O3/c1-16(22(27)24-19-14-18(23)8-9-21(19)28-3)25(2)15-17-6-4-5-7-20(17)26-10-12-29-13-11-26/h4-9,14,16H,10-13,15H2,1-3H3,(H,24,27)/t16-/m0/s1. The van der Waals surface area contributed by atoms with Crippen molar-refractivity contribution in [2.75, 3.05) is 50.7 Å². The molecule has 0 aliphatic carbocycles. The molecule has 2 aromatic rings. The maximum Gasteiger partial charge on any atom is 0.241 e. The zero-order valence-electron chi connectivity index (χ0n) is 17.2. The smallest absolute Gasteiger partial charge is 0.241 e. The highest BCUT2D eigenvalue weighted by atomic mass is 35.5. The molecule has 0 spiro atoms. The van der Waals surface area contributed by atoms with Crippen molar-refractivity contribution in [3.05, 3.63) is 53.1 Å². The van der Waals surface area contributed by atoms with Crippen LogP contribution in [0, 0.1) is 0 Å². The zero-order valence-corrected chi connectivity index (χ0v) is 17.9. The molecule has 1 aliphatic rings. The SMILES string of the molecule is COc1ccc(Cl)cc1NC(=O)[C@H](C)N(C)Cc1ccccc1N1CCOCC1. The lowest BCUT2D eigenvalue weighted by molar-refractivity contribution is -0.120. The van der Waals surface area contributed by atoms with Crippen LogP contribution in [0.15, 0.2) is 42.5 Å². The van der Waals surface area contributed by atoms with Gasteiger partial charge in [0.25, 0.3) is 0 Å². The van der Waals surface area contributed by atoms with Crippen molar-refractivity contribution >= 4 is 28.9 Å². The lowest BCUT2D eigenvalue weighted by atomic mass is 10.1. The van der Waals surface area contributed by atoms with E-state index in [2.05, 4.69) is 28.4 Å². The number of para-hydroxylation sites is 1. The Morgan fingerprint density at radius 1 is 1.28 bits per heavy atom. The molecule has 1 heterocycles. The Kier molecular flexibility index (Phi) is 7.36. The van der Waals surface area contributed by atoms with Crippen LogP contribution in [-0.2, 0) is 16.1 Å². The molecule has 3 rings (SSSR count). The van der Waals surface area contributed by atoms with Gasteiger partial charge in [-0.1, -0.05) is 29.8 Å². The number of hydrogen-bond acceptors (Lipinski definition) is 5. The van der Waals surface area contributed by atoms with Crippen molar-refractivity contribution in [2.45, 2.75) is 19.5 Å². The number of rotatable bonds is 7. The summed E-state index contributed by atoms with van der Waals surface area (Å²) < 4.78 is 10.8. The maximum absolute atomic E-state index is 12.8. The number of ether oxygens (including phenoxy) is 2. The van der Waals surface area contributed by atoms with Crippen molar-refractivity contribution in [1.82, 2.24) is 4.90 Å². The molecule has 1 saturated heterocycles. The first-order valence-corrected chi connectivity index (χ1v) is 10.1. The zero-order chi connectivity index (χ0) is 20.8. The third-order valence-electron chi connectivity index (χ3n) is 5.22. The quantitative estimate of drug-likeness (QED) is 0.745. The van der Waals surface area contributed by atoms with Crippen LogP contribution in [0.4, 0.5) is 11.4 Å². The van der Waals surface area contributed by atoms with Gasteiger partial charge < -0.3 is 19.7 Å². The Labute approximate surface area is 177 Å². The fourth-order valence-corrected chi connectivity index (χ4v) is 3.55. The first kappa shape index (κ1) is 21.4. The Balaban J connectivity index is 1.69. The second kappa shape index (κ2) is 9.96. The number of amides is 1. The fourth-order valence-electron chi connectivity index (χ4n) is 3.38. The van der Waals surface area contributed by atoms with Crippen LogP contribution in [0.25, 0.3) is 0 Å². The predicted octanol–water partition coefficient (Wildman–Crippen LogP) is 3.64. The molecule has 1 atom stereocenters. The highest BCUT2D eigenvalue weighted by Crippen LogP contribution is 2.28. The number of hydrogen-bond donors (Lipinski definition) is 1. The van der Waals surface area contributed by atoms with Crippen LogP contribution < -0.4 is 15.0 Å². The van der Waals surface area contributed by atoms with Crippen LogP contribution in [-0.4, -0.2) is 57.3 Å². The highest BCUT2D eigenvalue weighted by Gasteiger charge is 2.22. The first-order valence-electron chi connectivity index (χ1n) is 9.75. The van der Waals surface area contributed by atoms with Crippen LogP contribution in [0.5, 0.6) is 5.75 Å². The molecule has 0 unspecified atom stereocenters. The number of halogens is 1. The van der Waals surface area contributed by atoms with Gasteiger partial charge in [-0.05, 0) is 43.8 Å². The summed E-state index contributed by atoms with van der Waals surface area (Å²) in [6.45, 7) is 5.80. The van der Waals surface area contributed by atoms with Crippen molar-refractivity contribution < 1.29 is 14.3 Å². The molecular formula is C22H28ClN3O3. The number of methoxy groups -OCH3 is 1. The molecule has 0 radical (unpaired) electrons. The van der Waals surface area contributed by atoms with Crippen molar-refractivity contribution in [3.8, 4) is 5.75 Å². The summed E-state index contributed by atoms with van der Waals surface area (Å²) in [4.78, 5) is 17.2. The number of likely N-dealkylation sites (N-methyl/N-ethyl adjacent to an activating group) is 1. The maximum atomic E-state index is 12.8. The molecule has 0 bridgehead atoms. The van der Waals surface area contributed by atoms with E-state index in [1.165, 1.54) is 11.3 Å². The van der Waals surface area contributed by atoms with Crippen molar-refractivity contribution in [1.29, 1.82) is 0 Å². The number of morpholine rings is 1. The van der Waals surface area contributed by atoms with E-state index < -0.39 is 0 Å². The molecule has 6 nitrogen and oxygen atoms in total. The number of carbonyl (C=O) groups is 1. The van der Waals surface area contributed by atoms with Crippen molar-refractivity contribution in [3.63, 3.8) is 0 Å². The summed E-state index contributed by atoms with van der Waals surface area (Å²) in [5.41, 5.74) is 2.96. The monoisotopic (exact) mass is 417 g/mol. The van der Waals surface area contributed by atoms with Crippen molar-refractivity contribution in [2.24, 2.45) is 0 Å². The Bertz CT molecular complexity index is 840. The number of benzene rings is 2. The second-order valence-electron chi connectivity index (χ2n) is 7.15. The van der Waals surface area contributed by atoms with Gasteiger partial charge in [-0.15, -0.1) is 0 Å². The largest absolute Gasteiger partial charge is 0.495 e. The molecule has 1 fully saturated rings. The van der Waals surface area contributed by atoms with Gasteiger partial charge in [0, 0.05) is 30.3 Å². The van der Waals surface area contributed by atoms with E-state index in [0.29, 0.717) is 23.0 Å². The van der Waals surface area contributed by atoms with E-state index in [-0.39, 0.29) is 11.9 Å². The van der Waals surface area contributed by atoms with Crippen LogP contribution in [0.2, 0.25) is 5.02 Å². The summed E-state index contributed by atoms with van der Waals surface area (Å²) in [6, 6.07) is 13.2. The molecule has 1 amide bonds. The number of carbonyl (C=O) groups excluding carboxylic acids is 1. The Morgan fingerprint density at radius 2 is 2.00 bits per heavy atom. The first-order chi connectivity index (χ1) is 14.0. The van der Waals surface area contributed by atoms with E-state index in [1.807, 2.05) is 24.9 Å². The summed E-state index contributed by atoms with van der Waals surface area (Å²) >= 11 is 6.07. The fraction of sp³-hybridized carbons (Fsp3) is 0.409. The van der Waals surface area contributed by atoms with Gasteiger partial charge >= 0.3 is 0 Å². The molecule has 1 aliphatic heterocycles. The topological polar surface area (TPSA) is 54.0 Å². The lowest BCUT2D eigenvalue weighted by Gasteiger charge is -2.32. The van der Waals surface area contributed by atoms with Crippen LogP contribution in [0.1, 0.15) is 12.5 Å². The van der Waals surface area contributed by atoms with Gasteiger partial charge in [-0.3, -0.25) is 9.69 Å². The van der Waals surface area contributed by atoms with Gasteiger partial charge in [0.1, 0.15) is 5.75 Å². The minimum absolute atomic E-state index is 0.114. The minimum atomic E-state index is -0.337. The third-order valence-corrected chi connectivity index (χ3v) is 5.46. The highest BCUT2D eigenvalue weighted by molar-refractivity contribution is 6.31. The summed E-state index contributed by atoms with van der Waals surface area (Å²) in [7, 11) is 3.52. The van der Waals surface area contributed by atoms with Gasteiger partial charge in [0.05, 0.1) is 32.1 Å². The van der Waals surface area contributed by atoms with E-state index >= 15 is 0 Å². The van der Waals surface area contributed by atoms with E-state index in [0.717, 1.165) is 26.3 Å². The van der Waals surface area contributed by atoms with Gasteiger partial charge in [-0.25, -0.2) is 0 Å². The average Bonchev–Trinajstić information content (AvgIpc) is 2.74. The van der Waals surface area contributed by atoms with E-state index in [1.54, 1.807) is 25.3 Å². The van der Waals surface area contributed by atoms with Crippen LogP contribution >= 0.6 is 11.6 Å². The molecule has 2 aromatic carbocycles. The molecular weight excluding hydrogens is 390 g/mol. The van der Waals surface area contributed by atoms with Crippen LogP contribution in [0.3, 0.4) is 0 Å². The minimum Gasteiger partial charge on any atom is -0.495 e. The average molecular weight is 418 g/mol. The molecule has 29 heavy (non-hydrogen) atoms. The molecule has 0 aromatic heterocycles. The third kappa shape index (κ3) is 5.41. The summed E-state index contributed by atoms with van der Waals surface area (Å²) in [5, 5.41) is 3.47. The normalized spacial score (nSPS) is 15.3. The van der Waals surface area contributed by atoms with E-state index in [4.69, 9.17) is 21.1 Å². The number of nitrogens with zero attached hydrogens (tertiary/aromatic N) is 2. The predicted molar refractivity (Wildman–Crippen MR) is 117 cm³/mol. The number of anilines is 2. The van der Waals surface area contributed by atoms with Gasteiger partial charge in [0.15, 0.2) is 0 Å². The molecule has 7 heteroatoms.